The van der Waals surface area contributed by atoms with Crippen molar-refractivity contribution >= 4 is 27.3 Å². The predicted molar refractivity (Wildman–Crippen MR) is 180 cm³/mol. The Morgan fingerprint density at radius 1 is 0.955 bits per heavy atom. The number of rotatable bonds is 17. The van der Waals surface area contributed by atoms with Gasteiger partial charge in [-0.15, -0.1) is 11.3 Å². The molecule has 44 heavy (non-hydrogen) atoms. The van der Waals surface area contributed by atoms with Gasteiger partial charge in [-0.2, -0.15) is 0 Å². The van der Waals surface area contributed by atoms with E-state index in [9.17, 15) is 9.50 Å². The smallest absolute Gasteiger partial charge is 0.223 e. The molecule has 5 nitrogen and oxygen atoms in total. The van der Waals surface area contributed by atoms with E-state index in [1.54, 1.807) is 11.3 Å². The van der Waals surface area contributed by atoms with E-state index < -0.39 is 11.9 Å². The highest BCUT2D eigenvalue weighted by atomic mass is 79.9. The summed E-state index contributed by atoms with van der Waals surface area (Å²) >= 11 is 5.46. The van der Waals surface area contributed by atoms with Gasteiger partial charge in [0.2, 0.25) is 5.79 Å². The average molecular weight is 692 g/mol. The number of hydrogen-bond acceptors (Lipinski definition) is 6. The summed E-state index contributed by atoms with van der Waals surface area (Å²) in [4.78, 5) is 2.27. The molecule has 2 heterocycles. The van der Waals surface area contributed by atoms with Crippen molar-refractivity contribution in [1.82, 2.24) is 0 Å². The average Bonchev–Trinajstić information content (AvgIpc) is 3.47. The van der Waals surface area contributed by atoms with Crippen LogP contribution in [0.25, 0.3) is 10.4 Å². The molecule has 0 bridgehead atoms. The molecule has 4 atom stereocenters. The van der Waals surface area contributed by atoms with E-state index >= 15 is 0 Å². The molecule has 1 aromatic heterocycles. The number of benzene rings is 2. The van der Waals surface area contributed by atoms with Gasteiger partial charge >= 0.3 is 0 Å². The van der Waals surface area contributed by atoms with Crippen molar-refractivity contribution in [3.63, 3.8) is 0 Å². The quantitative estimate of drug-likeness (QED) is 0.143. The van der Waals surface area contributed by atoms with Crippen molar-refractivity contribution in [2.45, 2.75) is 103 Å². The Kier molecular flexibility index (Phi) is 13.9. The van der Waals surface area contributed by atoms with Crippen LogP contribution >= 0.6 is 27.3 Å². The summed E-state index contributed by atoms with van der Waals surface area (Å²) in [5, 5.41) is 12.6. The molecule has 4 rings (SSSR count). The highest BCUT2D eigenvalue weighted by Gasteiger charge is 2.53. The number of halogens is 2. The molecule has 0 spiro atoms. The second kappa shape index (κ2) is 17.3. The Morgan fingerprint density at radius 3 is 2.34 bits per heavy atom. The van der Waals surface area contributed by atoms with Crippen LogP contribution in [0, 0.1) is 12.7 Å². The summed E-state index contributed by atoms with van der Waals surface area (Å²) in [5.41, 5.74) is 3.83. The maximum absolute atomic E-state index is 13.5. The van der Waals surface area contributed by atoms with Gasteiger partial charge in [-0.3, -0.25) is 0 Å². The zero-order chi connectivity index (χ0) is 31.5. The summed E-state index contributed by atoms with van der Waals surface area (Å²) in [7, 11) is 0. The van der Waals surface area contributed by atoms with Crippen molar-refractivity contribution in [2.24, 2.45) is 0 Å². The predicted octanol–water partition coefficient (Wildman–Crippen LogP) is 9.34. The second-order valence-electron chi connectivity index (χ2n) is 11.7. The molecule has 0 aliphatic carbocycles. The number of aryl methyl sites for hydroxylation is 1. The molecule has 1 unspecified atom stereocenters. The number of unbranched alkanes of at least 4 members (excludes halogenated alkanes) is 3. The Labute approximate surface area is 275 Å². The van der Waals surface area contributed by atoms with E-state index in [1.165, 1.54) is 17.0 Å². The van der Waals surface area contributed by atoms with Crippen LogP contribution in [0.3, 0.4) is 0 Å². The lowest BCUT2D eigenvalue weighted by Crippen LogP contribution is -2.59. The molecule has 1 aliphatic rings. The van der Waals surface area contributed by atoms with Gasteiger partial charge in [0.15, 0.2) is 0 Å². The van der Waals surface area contributed by atoms with Crippen molar-refractivity contribution in [2.75, 3.05) is 26.4 Å². The minimum Gasteiger partial charge on any atom is -0.379 e. The van der Waals surface area contributed by atoms with Crippen LogP contribution < -0.4 is 0 Å². The molecule has 0 amide bonds. The van der Waals surface area contributed by atoms with Crippen molar-refractivity contribution in [3.05, 3.63) is 80.4 Å². The highest BCUT2D eigenvalue weighted by molar-refractivity contribution is 9.10. The van der Waals surface area contributed by atoms with E-state index in [1.807, 2.05) is 12.1 Å². The lowest BCUT2D eigenvalue weighted by Gasteiger charge is -2.47. The molecule has 8 heteroatoms. The third-order valence-corrected chi connectivity index (χ3v) is 9.89. The maximum Gasteiger partial charge on any atom is 0.223 e. The lowest BCUT2D eigenvalue weighted by atomic mass is 9.87. The monoisotopic (exact) mass is 690 g/mol. The van der Waals surface area contributed by atoms with Gasteiger partial charge in [0.05, 0.1) is 18.8 Å². The summed E-state index contributed by atoms with van der Waals surface area (Å²) in [6.07, 6.45) is 5.76. The third kappa shape index (κ3) is 9.21. The summed E-state index contributed by atoms with van der Waals surface area (Å²) in [5.74, 6) is -1.98. The molecule has 1 N–H and O–H groups in total. The summed E-state index contributed by atoms with van der Waals surface area (Å²) in [6.45, 7) is 10.6. The zero-order valence-electron chi connectivity index (χ0n) is 26.6. The van der Waals surface area contributed by atoms with Crippen LogP contribution in [0.1, 0.15) is 87.3 Å². The molecule has 0 saturated carbocycles. The fourth-order valence-electron chi connectivity index (χ4n) is 5.51. The molecular formula is C36H48BrFO5S. The third-order valence-electron chi connectivity index (χ3n) is 8.10. The SMILES string of the molecule is CCCCOC[C@@H]1C[C@H](OCCCC)[C@@H](OCCCC)C(O)(c2cc(Cc3ccc(-c4ccc(F)cc4)s3)c(C)cc2Br)O1. The number of thiophene rings is 1. The summed E-state index contributed by atoms with van der Waals surface area (Å²) < 4.78 is 39.7. The Morgan fingerprint density at radius 2 is 1.64 bits per heavy atom. The zero-order valence-corrected chi connectivity index (χ0v) is 29.0. The first-order valence-electron chi connectivity index (χ1n) is 16.1. The molecule has 0 radical (unpaired) electrons. The minimum atomic E-state index is -1.74. The first kappa shape index (κ1) is 35.2. The van der Waals surface area contributed by atoms with Gasteiger partial charge in [0, 0.05) is 52.5 Å². The van der Waals surface area contributed by atoms with Crippen LogP contribution in [-0.4, -0.2) is 49.8 Å². The molecule has 1 aliphatic heterocycles. The van der Waals surface area contributed by atoms with Crippen molar-refractivity contribution in [1.29, 1.82) is 0 Å². The van der Waals surface area contributed by atoms with Crippen LogP contribution in [0.15, 0.2) is 53.0 Å². The van der Waals surface area contributed by atoms with E-state index in [0.29, 0.717) is 44.8 Å². The Hall–Kier alpha value is -1.65. The maximum atomic E-state index is 13.5. The van der Waals surface area contributed by atoms with E-state index in [2.05, 4.69) is 67.9 Å². The van der Waals surface area contributed by atoms with Gasteiger partial charge in [0.1, 0.15) is 11.9 Å². The number of hydrogen-bond donors (Lipinski definition) is 1. The van der Waals surface area contributed by atoms with Gasteiger partial charge in [-0.25, -0.2) is 4.39 Å². The molecule has 1 fully saturated rings. The molecular weight excluding hydrogens is 643 g/mol. The fourth-order valence-corrected chi connectivity index (χ4v) is 7.28. The first-order chi connectivity index (χ1) is 21.3. The highest BCUT2D eigenvalue weighted by Crippen LogP contribution is 2.43. The van der Waals surface area contributed by atoms with Crippen LogP contribution in [0.4, 0.5) is 4.39 Å². The van der Waals surface area contributed by atoms with Gasteiger partial charge in [0.25, 0.3) is 0 Å². The molecule has 1 saturated heterocycles. The number of ether oxygens (including phenoxy) is 4. The number of aliphatic hydroxyl groups is 1. The topological polar surface area (TPSA) is 57.2 Å². The Balaban J connectivity index is 1.66. The standard InChI is InChI=1S/C36H48BrFO5S/c1-5-8-17-40-24-29-23-33(41-18-9-6-2)35(42-19-10-7-3)36(39,43-29)31-22-27(25(4)20-32(31)37)21-30-15-16-34(44-30)26-11-13-28(38)14-12-26/h11-16,20,22,29,33,35,39H,5-10,17-19,21,23-24H2,1-4H3/t29-,33-,35+,36?/m0/s1. The Bertz CT molecular complexity index is 1300. The largest absolute Gasteiger partial charge is 0.379 e. The van der Waals surface area contributed by atoms with Gasteiger partial charge in [-0.1, -0.05) is 68.1 Å². The minimum absolute atomic E-state index is 0.240. The second-order valence-corrected chi connectivity index (χ2v) is 13.7. The first-order valence-corrected chi connectivity index (χ1v) is 17.7. The van der Waals surface area contributed by atoms with E-state index in [-0.39, 0.29) is 18.0 Å². The lowest BCUT2D eigenvalue weighted by molar-refractivity contribution is -0.348. The van der Waals surface area contributed by atoms with E-state index in [4.69, 9.17) is 18.9 Å². The van der Waals surface area contributed by atoms with Crippen LogP contribution in [0.5, 0.6) is 0 Å². The van der Waals surface area contributed by atoms with Crippen molar-refractivity contribution < 1.29 is 28.4 Å². The normalized spacial score (nSPS) is 22.0. The molecule has 242 valence electrons. The fraction of sp³-hybridized carbons (Fsp3) is 0.556. The van der Waals surface area contributed by atoms with Gasteiger partial charge < -0.3 is 24.1 Å². The van der Waals surface area contributed by atoms with Gasteiger partial charge in [-0.05, 0) is 79.3 Å². The van der Waals surface area contributed by atoms with Crippen LogP contribution in [-0.2, 0) is 31.2 Å². The molecule has 3 aromatic rings. The molecule has 2 aromatic carbocycles. The van der Waals surface area contributed by atoms with E-state index in [0.717, 1.165) is 64.6 Å². The summed E-state index contributed by atoms with van der Waals surface area (Å²) in [6, 6.07) is 14.9. The van der Waals surface area contributed by atoms with Crippen molar-refractivity contribution in [3.8, 4) is 10.4 Å². The van der Waals surface area contributed by atoms with Crippen LogP contribution in [0.2, 0.25) is 0 Å².